The van der Waals surface area contributed by atoms with Crippen LogP contribution >= 0.6 is 0 Å². The van der Waals surface area contributed by atoms with Gasteiger partial charge in [-0.25, -0.2) is 0 Å². The van der Waals surface area contributed by atoms with E-state index in [1.54, 1.807) is 0 Å². The molecule has 0 fully saturated rings. The summed E-state index contributed by atoms with van der Waals surface area (Å²) in [4.78, 5) is 4.89. The van der Waals surface area contributed by atoms with Crippen molar-refractivity contribution in [1.29, 1.82) is 0 Å². The lowest BCUT2D eigenvalue weighted by molar-refractivity contribution is 0.670. The maximum Gasteiger partial charge on any atom is 0.143 e. The first-order valence-corrected chi connectivity index (χ1v) is 44.6. The van der Waals surface area contributed by atoms with Gasteiger partial charge in [0.2, 0.25) is 0 Å². The minimum Gasteiger partial charge on any atom is -0.455 e. The van der Waals surface area contributed by atoms with Gasteiger partial charge in [-0.3, -0.25) is 0 Å². The SMILES string of the molecule is c1ccc(C2(c3ccccc3)c3ccccc3-c3c(N(c4ccc(-n5c6ccccc6c6ccccc65)cc4)c4ccccc4-c4cccc5c4oc4c6cc(-c7cccc8c7oc7cc(-c9ccc(N(c%10ccc(-n%11c%12ccccc%12c%12ccccc%12%11)cc%10)c%10ccccc%10-c%10cccc%11c%10oc%10c%12ccccc%12ccc%11%10)cc9)ccc78)ccc6ccc54)cccc32)cc1. The second kappa shape index (κ2) is 28.9. The fraction of sp³-hybridized carbons (Fsp3) is 0.00813. The zero-order valence-corrected chi connectivity index (χ0v) is 70.4. The smallest absolute Gasteiger partial charge is 0.143 e. The lowest BCUT2D eigenvalue weighted by Gasteiger charge is -2.34. The van der Waals surface area contributed by atoms with Gasteiger partial charge in [0.05, 0.1) is 44.5 Å². The molecule has 0 saturated carbocycles. The summed E-state index contributed by atoms with van der Waals surface area (Å²) in [6, 6.07) is 168. The van der Waals surface area contributed by atoms with E-state index in [9.17, 15) is 0 Å². The van der Waals surface area contributed by atoms with Gasteiger partial charge in [-0.2, -0.15) is 0 Å². The summed E-state index contributed by atoms with van der Waals surface area (Å²) >= 11 is 0. The van der Waals surface area contributed by atoms with Gasteiger partial charge in [0, 0.05) is 126 Å². The van der Waals surface area contributed by atoms with E-state index < -0.39 is 5.41 Å². The Balaban J connectivity index is 0.562. The molecule has 0 radical (unpaired) electrons. The Morgan fingerprint density at radius 1 is 0.200 bits per heavy atom. The zero-order valence-electron chi connectivity index (χ0n) is 70.4. The van der Waals surface area contributed by atoms with Crippen LogP contribution in [0, 0.1) is 0 Å². The topological polar surface area (TPSA) is 55.8 Å². The van der Waals surface area contributed by atoms with Gasteiger partial charge < -0.3 is 32.2 Å². The molecular formula is C123H76N4O3. The highest BCUT2D eigenvalue weighted by atomic mass is 16.3. The maximum absolute atomic E-state index is 7.56. The maximum atomic E-state index is 7.56. The minimum atomic E-state index is -0.624. The number of rotatable bonds is 14. The summed E-state index contributed by atoms with van der Waals surface area (Å²) in [5.41, 5.74) is 32.9. The van der Waals surface area contributed by atoms with Crippen molar-refractivity contribution in [2.24, 2.45) is 0 Å². The van der Waals surface area contributed by atoms with Crippen LogP contribution in [0.15, 0.2) is 474 Å². The second-order valence-electron chi connectivity index (χ2n) is 34.4. The van der Waals surface area contributed by atoms with Crippen LogP contribution in [-0.2, 0) is 5.41 Å². The summed E-state index contributed by atoms with van der Waals surface area (Å²) in [5.74, 6) is 0. The lowest BCUT2D eigenvalue weighted by Crippen LogP contribution is -2.28. The molecule has 0 unspecified atom stereocenters. The Hall–Kier alpha value is -17.3. The van der Waals surface area contributed by atoms with E-state index in [2.05, 4.69) is 480 Å². The second-order valence-corrected chi connectivity index (χ2v) is 34.4. The first-order valence-electron chi connectivity index (χ1n) is 44.6. The number of nitrogens with zero attached hydrogens (tertiary/aromatic N) is 4. The molecule has 0 N–H and O–H groups in total. The van der Waals surface area contributed by atoms with Crippen LogP contribution in [0.3, 0.4) is 0 Å². The Labute approximate surface area is 747 Å². The summed E-state index contributed by atoms with van der Waals surface area (Å²) in [5, 5.41) is 15.6. The third-order valence-electron chi connectivity index (χ3n) is 27.6. The van der Waals surface area contributed by atoms with Crippen molar-refractivity contribution in [3.8, 4) is 67.0 Å². The average Bonchev–Trinajstić information content (AvgIpc) is 1.53. The van der Waals surface area contributed by atoms with Crippen LogP contribution in [0.1, 0.15) is 22.3 Å². The van der Waals surface area contributed by atoms with Crippen molar-refractivity contribution in [1.82, 2.24) is 9.13 Å². The van der Waals surface area contributed by atoms with Crippen LogP contribution in [-0.4, -0.2) is 9.13 Å². The van der Waals surface area contributed by atoms with Crippen LogP contribution in [0.2, 0.25) is 0 Å². The first kappa shape index (κ1) is 73.1. The molecule has 0 aliphatic heterocycles. The molecule has 0 spiro atoms. The molecule has 26 aromatic rings. The van der Waals surface area contributed by atoms with Gasteiger partial charge in [-0.15, -0.1) is 0 Å². The highest BCUT2D eigenvalue weighted by Crippen LogP contribution is 2.61. The number of aromatic nitrogens is 2. The fourth-order valence-corrected chi connectivity index (χ4v) is 21.9. The molecule has 1 aliphatic rings. The molecule has 0 amide bonds. The highest BCUT2D eigenvalue weighted by Gasteiger charge is 2.48. The lowest BCUT2D eigenvalue weighted by atomic mass is 9.68. The van der Waals surface area contributed by atoms with Crippen molar-refractivity contribution < 1.29 is 13.3 Å². The van der Waals surface area contributed by atoms with Crippen molar-refractivity contribution >= 4 is 165 Å². The quantitative estimate of drug-likeness (QED) is 0.109. The Morgan fingerprint density at radius 2 is 0.569 bits per heavy atom. The third kappa shape index (κ3) is 11.0. The predicted octanol–water partition coefficient (Wildman–Crippen LogP) is 33.9. The number of benzene rings is 21. The van der Waals surface area contributed by atoms with E-state index in [-0.39, 0.29) is 0 Å². The van der Waals surface area contributed by atoms with Gasteiger partial charge in [-0.05, 0) is 189 Å². The van der Waals surface area contributed by atoms with Crippen LogP contribution < -0.4 is 9.80 Å². The Kier molecular flexibility index (Phi) is 16.3. The zero-order chi connectivity index (χ0) is 85.2. The largest absolute Gasteiger partial charge is 0.455 e. The van der Waals surface area contributed by atoms with Gasteiger partial charge in [0.15, 0.2) is 0 Å². The predicted molar refractivity (Wildman–Crippen MR) is 540 cm³/mol. The standard InChI is InChI=1S/C123H76N4O3/c1-3-28-82(29-4-1)123(83-30-5-2-6-31-83)107-46-16-9-39-105(107)117-108(123)47-26-54-115(117)127(88-70-68-87(69-71-88)126-112-51-20-12-35-93(112)94-36-13-21-52-113(94)126)114-53-22-15-38-96(114)99-42-25-45-102-104-74-60-79-55-56-81(75-106(79)122(104)130-121(99)102)90-40-23-43-100-97-72-61-80(76-116(97)128-118(90)100)77-57-62-84(63-58-77)124(85-64-66-86(67-65-85)125-110-49-18-10-33-91(110)92-34-11-19-50-111(92)125)109-48-17-14-37-95(109)98-41-24-44-101-103-73-59-78-27-7-8-32-89(78)119(103)129-120(98)101/h1-76H. The molecule has 7 nitrogen and oxygen atoms in total. The normalized spacial score (nSPS) is 12.5. The molecule has 0 saturated heterocycles. The number of hydrogen-bond acceptors (Lipinski definition) is 5. The van der Waals surface area contributed by atoms with E-state index in [0.717, 1.165) is 188 Å². The number of para-hydroxylation sites is 9. The van der Waals surface area contributed by atoms with Crippen molar-refractivity contribution in [2.45, 2.75) is 5.41 Å². The summed E-state index contributed by atoms with van der Waals surface area (Å²) in [6.07, 6.45) is 0. The van der Waals surface area contributed by atoms with Crippen LogP contribution in [0.25, 0.3) is 198 Å². The van der Waals surface area contributed by atoms with Crippen LogP contribution in [0.4, 0.5) is 34.1 Å². The Bertz CT molecular complexity index is 8980. The fourth-order valence-electron chi connectivity index (χ4n) is 21.9. The number of hydrogen-bond donors (Lipinski definition) is 0. The molecule has 21 aromatic carbocycles. The molecule has 7 heteroatoms. The molecule has 27 rings (SSSR count). The minimum absolute atomic E-state index is 0.624. The summed E-state index contributed by atoms with van der Waals surface area (Å²) in [6.45, 7) is 0. The van der Waals surface area contributed by atoms with Crippen molar-refractivity contribution in [2.75, 3.05) is 9.80 Å². The molecule has 606 valence electrons. The van der Waals surface area contributed by atoms with Crippen LogP contribution in [0.5, 0.6) is 0 Å². The number of fused-ring (bicyclic) bond motifs is 22. The van der Waals surface area contributed by atoms with Gasteiger partial charge >= 0.3 is 0 Å². The van der Waals surface area contributed by atoms with E-state index in [1.165, 1.54) is 66.0 Å². The van der Waals surface area contributed by atoms with Crippen molar-refractivity contribution in [3.63, 3.8) is 0 Å². The average molecular weight is 1660 g/mol. The number of anilines is 6. The Morgan fingerprint density at radius 3 is 1.14 bits per heavy atom. The van der Waals surface area contributed by atoms with Gasteiger partial charge in [0.1, 0.15) is 33.5 Å². The molecule has 1 aliphatic carbocycles. The molecular weight excluding hydrogens is 1580 g/mol. The molecule has 0 bridgehead atoms. The molecule has 130 heavy (non-hydrogen) atoms. The van der Waals surface area contributed by atoms with Gasteiger partial charge in [-0.1, -0.05) is 328 Å². The van der Waals surface area contributed by atoms with Gasteiger partial charge in [0.25, 0.3) is 0 Å². The number of furan rings is 3. The molecule has 5 heterocycles. The van der Waals surface area contributed by atoms with E-state index in [0.29, 0.717) is 0 Å². The third-order valence-corrected chi connectivity index (χ3v) is 27.6. The van der Waals surface area contributed by atoms with E-state index >= 15 is 0 Å². The molecule has 5 aromatic heterocycles. The van der Waals surface area contributed by atoms with E-state index in [4.69, 9.17) is 13.3 Å². The monoisotopic (exact) mass is 1660 g/mol. The summed E-state index contributed by atoms with van der Waals surface area (Å²) < 4.78 is 26.6. The molecule has 0 atom stereocenters. The first-order chi connectivity index (χ1) is 64.5. The highest BCUT2D eigenvalue weighted by molar-refractivity contribution is 6.21. The van der Waals surface area contributed by atoms with E-state index in [1.807, 2.05) is 0 Å². The summed E-state index contributed by atoms with van der Waals surface area (Å²) in [7, 11) is 0. The van der Waals surface area contributed by atoms with Crippen molar-refractivity contribution in [3.05, 3.63) is 483 Å².